The van der Waals surface area contributed by atoms with Gasteiger partial charge in [-0.05, 0) is 75.2 Å². The monoisotopic (exact) mass is 625 g/mol. The Hall–Kier alpha value is -3.32. The Bertz CT molecular complexity index is 1500. The highest BCUT2D eigenvalue weighted by atomic mass is 32.2. The van der Waals surface area contributed by atoms with Crippen molar-refractivity contribution in [2.45, 2.75) is 97.9 Å². The third kappa shape index (κ3) is 8.41. The lowest BCUT2D eigenvalue weighted by molar-refractivity contribution is -0.119. The van der Waals surface area contributed by atoms with Gasteiger partial charge in [-0.2, -0.15) is 0 Å². The van der Waals surface area contributed by atoms with E-state index in [0.717, 1.165) is 54.9 Å². The van der Waals surface area contributed by atoms with Gasteiger partial charge in [-0.15, -0.1) is 10.2 Å². The van der Waals surface area contributed by atoms with Crippen LogP contribution in [0.1, 0.15) is 93.6 Å². The van der Waals surface area contributed by atoms with Crippen molar-refractivity contribution in [2.24, 2.45) is 16.8 Å². The van der Waals surface area contributed by atoms with Gasteiger partial charge in [-0.1, -0.05) is 53.7 Å². The second kappa shape index (κ2) is 14.0. The number of nitrogens with zero attached hydrogens (tertiary/aromatic N) is 5. The highest BCUT2D eigenvalue weighted by Gasteiger charge is 2.33. The van der Waals surface area contributed by atoms with E-state index in [0.29, 0.717) is 33.7 Å². The molecule has 230 valence electrons. The van der Waals surface area contributed by atoms with E-state index in [1.807, 2.05) is 13.0 Å². The summed E-state index contributed by atoms with van der Waals surface area (Å²) in [5.41, 5.74) is 2.86. The minimum Gasteiger partial charge on any atom is -0.361 e. The number of rotatable bonds is 10. The maximum atomic E-state index is 12.9. The predicted molar refractivity (Wildman–Crippen MR) is 167 cm³/mol. The Morgan fingerprint density at radius 3 is 2.47 bits per heavy atom. The maximum Gasteiger partial charge on any atom is 0.233 e. The number of carbonyl (C=O) groups excluding carboxylic acids is 2. The Kier molecular flexibility index (Phi) is 10.1. The molecule has 0 radical (unpaired) electrons. The number of aryl methyl sites for hydroxylation is 2. The highest BCUT2D eigenvalue weighted by molar-refractivity contribution is 8.17. The third-order valence-electron chi connectivity index (χ3n) is 7.79. The molecule has 1 saturated carbocycles. The fourth-order valence-electron chi connectivity index (χ4n) is 5.39. The molecule has 0 bridgehead atoms. The van der Waals surface area contributed by atoms with Crippen LogP contribution in [0.25, 0.3) is 0 Å². The van der Waals surface area contributed by atoms with E-state index in [9.17, 15) is 9.59 Å². The summed E-state index contributed by atoms with van der Waals surface area (Å²) in [6, 6.07) is 3.60. The van der Waals surface area contributed by atoms with E-state index in [-0.39, 0.29) is 36.6 Å². The van der Waals surface area contributed by atoms with Crippen LogP contribution in [0.2, 0.25) is 0 Å². The highest BCUT2D eigenvalue weighted by Crippen LogP contribution is 2.46. The molecule has 3 aromatic heterocycles. The third-order valence-corrected chi connectivity index (χ3v) is 10.1. The summed E-state index contributed by atoms with van der Waals surface area (Å²) >= 11 is 3.00. The molecule has 1 aliphatic heterocycles. The zero-order chi connectivity index (χ0) is 30.5. The molecule has 11 nitrogen and oxygen atoms in total. The SMILES string of the molecule is CC1=C(C2CCCC(c3nnc(NC(=O)Cc4cc(C)no4)s3)C2)SC(NC(=O)Cc2cc(CCC(C)C)no2)=NC1C. The average molecular weight is 626 g/mol. The first kappa shape index (κ1) is 31.1. The van der Waals surface area contributed by atoms with Crippen LogP contribution in [-0.4, -0.2) is 43.5 Å². The number of amidine groups is 1. The molecule has 0 aromatic carbocycles. The smallest absolute Gasteiger partial charge is 0.233 e. The Balaban J connectivity index is 1.16. The number of hydrogen-bond donors (Lipinski definition) is 2. The van der Waals surface area contributed by atoms with E-state index >= 15 is 0 Å². The lowest BCUT2D eigenvalue weighted by Crippen LogP contribution is -2.33. The van der Waals surface area contributed by atoms with Crippen molar-refractivity contribution < 1.29 is 18.6 Å². The number of carbonyl (C=O) groups is 2. The molecule has 4 heterocycles. The molecule has 1 aliphatic carbocycles. The first-order valence-electron chi connectivity index (χ1n) is 14.9. The molecular weight excluding hydrogens is 587 g/mol. The maximum absolute atomic E-state index is 12.9. The number of aliphatic imine (C=N–C) groups is 1. The van der Waals surface area contributed by atoms with Crippen LogP contribution in [0, 0.1) is 18.8 Å². The lowest BCUT2D eigenvalue weighted by atomic mass is 9.80. The van der Waals surface area contributed by atoms with Gasteiger partial charge in [0.1, 0.15) is 16.5 Å². The molecule has 13 heteroatoms. The largest absolute Gasteiger partial charge is 0.361 e. The minimum atomic E-state index is -0.211. The number of amides is 2. The second-order valence-corrected chi connectivity index (χ2v) is 13.9. The normalized spacial score (nSPS) is 20.8. The first-order valence-corrected chi connectivity index (χ1v) is 16.5. The number of allylic oxidation sites excluding steroid dienone is 1. The summed E-state index contributed by atoms with van der Waals surface area (Å²) in [6.07, 6.45) is 6.19. The van der Waals surface area contributed by atoms with Crippen LogP contribution < -0.4 is 10.6 Å². The van der Waals surface area contributed by atoms with Crippen LogP contribution in [0.4, 0.5) is 5.13 Å². The van der Waals surface area contributed by atoms with Gasteiger partial charge in [-0.25, -0.2) is 0 Å². The van der Waals surface area contributed by atoms with Crippen LogP contribution in [-0.2, 0) is 28.9 Å². The summed E-state index contributed by atoms with van der Waals surface area (Å²) in [4.78, 5) is 31.4. The summed E-state index contributed by atoms with van der Waals surface area (Å²) in [5, 5.41) is 24.5. The number of nitrogens with one attached hydrogen (secondary N) is 2. The number of thioether (sulfide) groups is 1. The molecule has 0 saturated heterocycles. The standard InChI is InChI=1S/C30H39N7O4S2/c1-16(2)9-10-22-13-24(41-37-22)15-25(38)32-29-31-19(5)18(4)27(42-29)20-7-6-8-21(12-20)28-34-35-30(43-28)33-26(39)14-23-11-17(3)36-40-23/h11,13,16,19-21H,6-10,12,14-15H2,1-5H3,(H,31,32,38)(H,33,35,39). The van der Waals surface area contributed by atoms with Gasteiger partial charge in [-0.3, -0.25) is 14.6 Å². The van der Waals surface area contributed by atoms with Gasteiger partial charge in [0.05, 0.1) is 30.3 Å². The van der Waals surface area contributed by atoms with Crippen LogP contribution in [0.15, 0.2) is 36.6 Å². The van der Waals surface area contributed by atoms with Gasteiger partial charge >= 0.3 is 0 Å². The van der Waals surface area contributed by atoms with E-state index in [1.165, 1.54) is 21.8 Å². The minimum absolute atomic E-state index is 0.0173. The summed E-state index contributed by atoms with van der Waals surface area (Å²) < 4.78 is 10.6. The van der Waals surface area contributed by atoms with Gasteiger partial charge in [0.2, 0.25) is 16.9 Å². The molecule has 3 unspecified atom stereocenters. The van der Waals surface area contributed by atoms with Crippen molar-refractivity contribution in [3.05, 3.63) is 50.5 Å². The summed E-state index contributed by atoms with van der Waals surface area (Å²) in [7, 11) is 0. The first-order chi connectivity index (χ1) is 20.6. The molecule has 43 heavy (non-hydrogen) atoms. The van der Waals surface area contributed by atoms with E-state index < -0.39 is 0 Å². The molecule has 2 amide bonds. The van der Waals surface area contributed by atoms with Crippen LogP contribution in [0.5, 0.6) is 0 Å². The molecule has 5 rings (SSSR count). The van der Waals surface area contributed by atoms with Crippen molar-refractivity contribution in [3.63, 3.8) is 0 Å². The van der Waals surface area contributed by atoms with E-state index in [1.54, 1.807) is 17.8 Å². The molecule has 3 aromatic rings. The van der Waals surface area contributed by atoms with Crippen molar-refractivity contribution in [3.8, 4) is 0 Å². The van der Waals surface area contributed by atoms with Gasteiger partial charge < -0.3 is 19.7 Å². The number of hydrogen-bond acceptors (Lipinski definition) is 11. The molecule has 2 N–H and O–H groups in total. The van der Waals surface area contributed by atoms with Crippen molar-refractivity contribution >= 4 is 45.2 Å². The topological polar surface area (TPSA) is 148 Å². The molecular formula is C30H39N7O4S2. The predicted octanol–water partition coefficient (Wildman–Crippen LogP) is 5.99. The Morgan fingerprint density at radius 2 is 1.72 bits per heavy atom. The average Bonchev–Trinajstić information content (AvgIpc) is 3.71. The second-order valence-electron chi connectivity index (χ2n) is 11.9. The van der Waals surface area contributed by atoms with Crippen LogP contribution >= 0.6 is 23.1 Å². The Labute approximate surface area is 259 Å². The van der Waals surface area contributed by atoms with Crippen molar-refractivity contribution in [1.82, 2.24) is 25.8 Å². The van der Waals surface area contributed by atoms with E-state index in [4.69, 9.17) is 14.0 Å². The fraction of sp³-hybridized carbons (Fsp3) is 0.567. The number of aromatic nitrogens is 4. The lowest BCUT2D eigenvalue weighted by Gasteiger charge is -2.33. The van der Waals surface area contributed by atoms with Gasteiger partial charge in [0.15, 0.2) is 5.17 Å². The Morgan fingerprint density at radius 1 is 1.00 bits per heavy atom. The van der Waals surface area contributed by atoms with Gasteiger partial charge in [0, 0.05) is 18.1 Å². The summed E-state index contributed by atoms with van der Waals surface area (Å²) in [6.45, 7) is 10.4. The number of anilines is 1. The zero-order valence-electron chi connectivity index (χ0n) is 25.3. The van der Waals surface area contributed by atoms with E-state index in [2.05, 4.69) is 58.8 Å². The molecule has 0 spiro atoms. The van der Waals surface area contributed by atoms with Gasteiger partial charge in [0.25, 0.3) is 0 Å². The quantitative estimate of drug-likeness (QED) is 0.277. The summed E-state index contributed by atoms with van der Waals surface area (Å²) in [5.74, 6) is 1.88. The molecule has 2 aliphatic rings. The molecule has 3 atom stereocenters. The van der Waals surface area contributed by atoms with Crippen LogP contribution in [0.3, 0.4) is 0 Å². The fourth-order valence-corrected chi connectivity index (χ4v) is 7.59. The van der Waals surface area contributed by atoms with Crippen molar-refractivity contribution in [1.29, 1.82) is 0 Å². The molecule has 1 fully saturated rings. The van der Waals surface area contributed by atoms with Crippen molar-refractivity contribution in [2.75, 3.05) is 5.32 Å². The zero-order valence-corrected chi connectivity index (χ0v) is 26.9.